The van der Waals surface area contributed by atoms with Crippen molar-refractivity contribution < 1.29 is 5.11 Å². The maximum Gasteiger partial charge on any atom is 0.0649 e. The number of nitrogens with zero attached hydrogens (tertiary/aromatic N) is 1. The number of rotatable bonds is 1. The molecule has 1 N–H and O–H groups in total. The Labute approximate surface area is 87.3 Å². The first-order valence-electron chi connectivity index (χ1n) is 5.90. The largest absolute Gasteiger partial charge is 0.392 e. The molecule has 14 heavy (non-hydrogen) atoms. The van der Waals surface area contributed by atoms with Crippen molar-refractivity contribution in [3.8, 4) is 0 Å². The SMILES string of the molecule is CC(C)N1CCCC2C(O)C(C)(C)C21. The summed E-state index contributed by atoms with van der Waals surface area (Å²) in [6, 6.07) is 1.24. The summed E-state index contributed by atoms with van der Waals surface area (Å²) in [5, 5.41) is 10.0. The number of hydrogen-bond donors (Lipinski definition) is 1. The van der Waals surface area contributed by atoms with Crippen LogP contribution in [0, 0.1) is 11.3 Å². The molecule has 0 radical (unpaired) electrons. The predicted molar refractivity (Wildman–Crippen MR) is 58.1 cm³/mol. The van der Waals surface area contributed by atoms with Crippen LogP contribution in [0.3, 0.4) is 0 Å². The lowest BCUT2D eigenvalue weighted by Gasteiger charge is -2.63. The lowest BCUT2D eigenvalue weighted by atomic mass is 9.54. The Hall–Kier alpha value is -0.0800. The van der Waals surface area contributed by atoms with E-state index >= 15 is 0 Å². The highest BCUT2D eigenvalue weighted by molar-refractivity contribution is 5.11. The van der Waals surface area contributed by atoms with E-state index in [1.165, 1.54) is 19.4 Å². The van der Waals surface area contributed by atoms with Crippen LogP contribution < -0.4 is 0 Å². The number of likely N-dealkylation sites (tertiary alicyclic amines) is 1. The van der Waals surface area contributed by atoms with Crippen LogP contribution in [-0.2, 0) is 0 Å². The third-order valence-electron chi connectivity index (χ3n) is 4.31. The predicted octanol–water partition coefficient (Wildman–Crippen LogP) is 1.88. The van der Waals surface area contributed by atoms with Crippen molar-refractivity contribution in [2.75, 3.05) is 6.54 Å². The van der Waals surface area contributed by atoms with Gasteiger partial charge in [-0.05, 0) is 33.2 Å². The molecule has 3 unspecified atom stereocenters. The molecule has 0 aromatic rings. The molecule has 3 atom stereocenters. The fourth-order valence-electron chi connectivity index (χ4n) is 3.55. The molecule has 2 fully saturated rings. The molecule has 1 saturated carbocycles. The van der Waals surface area contributed by atoms with Gasteiger partial charge in [0.1, 0.15) is 0 Å². The molecule has 2 heteroatoms. The molecule has 0 amide bonds. The van der Waals surface area contributed by atoms with E-state index < -0.39 is 0 Å². The van der Waals surface area contributed by atoms with Crippen molar-refractivity contribution in [3.63, 3.8) is 0 Å². The number of fused-ring (bicyclic) bond motifs is 1. The highest BCUT2D eigenvalue weighted by atomic mass is 16.3. The average molecular weight is 197 g/mol. The first-order chi connectivity index (χ1) is 6.46. The Morgan fingerprint density at radius 3 is 2.57 bits per heavy atom. The Balaban J connectivity index is 2.16. The molecular weight excluding hydrogens is 174 g/mol. The third kappa shape index (κ3) is 1.24. The molecule has 1 aliphatic carbocycles. The van der Waals surface area contributed by atoms with Crippen molar-refractivity contribution in [1.82, 2.24) is 4.90 Å². The Morgan fingerprint density at radius 2 is 2.00 bits per heavy atom. The van der Waals surface area contributed by atoms with Crippen LogP contribution >= 0.6 is 0 Å². The van der Waals surface area contributed by atoms with Gasteiger partial charge in [0.05, 0.1) is 6.10 Å². The van der Waals surface area contributed by atoms with Crippen molar-refractivity contribution in [2.45, 2.75) is 58.7 Å². The topological polar surface area (TPSA) is 23.5 Å². The molecule has 2 aliphatic rings. The molecule has 1 saturated heterocycles. The quantitative estimate of drug-likeness (QED) is 0.694. The summed E-state index contributed by atoms with van der Waals surface area (Å²) in [5.74, 6) is 0.543. The van der Waals surface area contributed by atoms with E-state index in [-0.39, 0.29) is 11.5 Å². The normalized spacial score (nSPS) is 42.0. The minimum Gasteiger partial charge on any atom is -0.392 e. The van der Waals surface area contributed by atoms with Gasteiger partial charge in [-0.1, -0.05) is 13.8 Å². The molecule has 0 aromatic heterocycles. The lowest BCUT2D eigenvalue weighted by Crippen LogP contribution is -2.71. The van der Waals surface area contributed by atoms with Gasteiger partial charge in [0.25, 0.3) is 0 Å². The van der Waals surface area contributed by atoms with Gasteiger partial charge in [-0.25, -0.2) is 0 Å². The standard InChI is InChI=1S/C12H23NO/c1-8(2)13-7-5-6-9-10(13)12(3,4)11(9)14/h8-11,14H,5-7H2,1-4H3. The fourth-order valence-corrected chi connectivity index (χ4v) is 3.55. The lowest BCUT2D eigenvalue weighted by molar-refractivity contribution is -0.198. The van der Waals surface area contributed by atoms with Gasteiger partial charge in [-0.2, -0.15) is 0 Å². The summed E-state index contributed by atoms with van der Waals surface area (Å²) >= 11 is 0. The minimum atomic E-state index is -0.0750. The van der Waals surface area contributed by atoms with Gasteiger partial charge < -0.3 is 5.11 Å². The summed E-state index contributed by atoms with van der Waals surface area (Å²) in [7, 11) is 0. The zero-order valence-electron chi connectivity index (χ0n) is 9.83. The molecule has 2 nitrogen and oxygen atoms in total. The van der Waals surface area contributed by atoms with E-state index in [9.17, 15) is 5.11 Å². The van der Waals surface area contributed by atoms with E-state index in [4.69, 9.17) is 0 Å². The van der Waals surface area contributed by atoms with Crippen molar-refractivity contribution in [1.29, 1.82) is 0 Å². The van der Waals surface area contributed by atoms with E-state index in [2.05, 4.69) is 32.6 Å². The van der Waals surface area contributed by atoms with Crippen molar-refractivity contribution in [3.05, 3.63) is 0 Å². The highest BCUT2D eigenvalue weighted by Crippen LogP contribution is 2.52. The van der Waals surface area contributed by atoms with Gasteiger partial charge in [-0.3, -0.25) is 4.90 Å². The second-order valence-electron chi connectivity index (χ2n) is 5.85. The van der Waals surface area contributed by atoms with Crippen LogP contribution in [0.4, 0.5) is 0 Å². The smallest absolute Gasteiger partial charge is 0.0649 e. The molecular formula is C12H23NO. The van der Waals surface area contributed by atoms with Crippen LogP contribution in [0.5, 0.6) is 0 Å². The second kappa shape index (κ2) is 3.21. The van der Waals surface area contributed by atoms with Gasteiger partial charge in [0.2, 0.25) is 0 Å². The van der Waals surface area contributed by atoms with Crippen LogP contribution in [0.15, 0.2) is 0 Å². The van der Waals surface area contributed by atoms with Crippen LogP contribution in [-0.4, -0.2) is 34.7 Å². The molecule has 0 bridgehead atoms. The van der Waals surface area contributed by atoms with E-state index in [0.717, 1.165) is 0 Å². The van der Waals surface area contributed by atoms with Gasteiger partial charge in [0.15, 0.2) is 0 Å². The summed E-state index contributed by atoms with van der Waals surface area (Å²) < 4.78 is 0. The average Bonchev–Trinajstić information content (AvgIpc) is 2.16. The van der Waals surface area contributed by atoms with Gasteiger partial charge in [0, 0.05) is 23.4 Å². The monoisotopic (exact) mass is 197 g/mol. The maximum absolute atomic E-state index is 10.0. The van der Waals surface area contributed by atoms with Crippen molar-refractivity contribution >= 4 is 0 Å². The molecule has 0 spiro atoms. The number of piperidine rings is 1. The third-order valence-corrected chi connectivity index (χ3v) is 4.31. The fraction of sp³-hybridized carbons (Fsp3) is 1.00. The van der Waals surface area contributed by atoms with Gasteiger partial charge in [-0.15, -0.1) is 0 Å². The minimum absolute atomic E-state index is 0.0750. The number of hydrogen-bond acceptors (Lipinski definition) is 2. The van der Waals surface area contributed by atoms with E-state index in [1.54, 1.807) is 0 Å². The van der Waals surface area contributed by atoms with Gasteiger partial charge >= 0.3 is 0 Å². The highest BCUT2D eigenvalue weighted by Gasteiger charge is 2.58. The maximum atomic E-state index is 10.0. The van der Waals surface area contributed by atoms with Crippen molar-refractivity contribution in [2.24, 2.45) is 11.3 Å². The zero-order valence-corrected chi connectivity index (χ0v) is 9.83. The molecule has 1 heterocycles. The summed E-state index contributed by atoms with van der Waals surface area (Å²) in [6.07, 6.45) is 2.40. The number of aliphatic hydroxyl groups excluding tert-OH is 1. The molecule has 82 valence electrons. The summed E-state index contributed by atoms with van der Waals surface area (Å²) in [5.41, 5.74) is 0.107. The molecule has 2 rings (SSSR count). The zero-order chi connectivity index (χ0) is 10.5. The Morgan fingerprint density at radius 1 is 1.36 bits per heavy atom. The second-order valence-corrected chi connectivity index (χ2v) is 5.85. The van der Waals surface area contributed by atoms with Crippen LogP contribution in [0.25, 0.3) is 0 Å². The van der Waals surface area contributed by atoms with Crippen LogP contribution in [0.1, 0.15) is 40.5 Å². The first kappa shape index (κ1) is 10.4. The Kier molecular flexibility index (Phi) is 2.39. The summed E-state index contributed by atoms with van der Waals surface area (Å²) in [6.45, 7) is 10.2. The Bertz CT molecular complexity index is 224. The summed E-state index contributed by atoms with van der Waals surface area (Å²) in [4.78, 5) is 2.58. The molecule has 1 aliphatic heterocycles. The molecule has 0 aromatic carbocycles. The first-order valence-corrected chi connectivity index (χ1v) is 5.90. The van der Waals surface area contributed by atoms with E-state index in [0.29, 0.717) is 18.0 Å². The van der Waals surface area contributed by atoms with E-state index in [1.807, 2.05) is 0 Å². The number of aliphatic hydroxyl groups is 1. The van der Waals surface area contributed by atoms with Crippen LogP contribution in [0.2, 0.25) is 0 Å².